The van der Waals surface area contributed by atoms with Crippen LogP contribution in [0.5, 0.6) is 0 Å². The molecule has 1 heterocycles. The molecule has 0 radical (unpaired) electrons. The van der Waals surface area contributed by atoms with Crippen LogP contribution in [0.25, 0.3) is 0 Å². The largest absolute Gasteiger partial charge is 0.324 e. The van der Waals surface area contributed by atoms with Gasteiger partial charge in [0.2, 0.25) is 5.95 Å². The van der Waals surface area contributed by atoms with Crippen molar-refractivity contribution >= 4 is 46.4 Å². The minimum Gasteiger partial charge on any atom is -0.324 e. The normalized spacial score (nSPS) is 10.4. The quantitative estimate of drug-likeness (QED) is 0.678. The molecule has 0 aliphatic carbocycles. The second-order valence-corrected chi connectivity index (χ2v) is 5.91. The molecule has 2 aromatic carbocycles. The average Bonchev–Trinajstić information content (AvgIpc) is 2.56. The number of nitrogens with one attached hydrogen (secondary N) is 2. The van der Waals surface area contributed by atoms with E-state index in [0.717, 1.165) is 0 Å². The Hall–Kier alpha value is -2.70. The molecule has 0 aliphatic rings. The lowest BCUT2D eigenvalue weighted by molar-refractivity contribution is 0.102. The Morgan fingerprint density at radius 3 is 2.12 bits per heavy atom. The molecule has 0 atom stereocenters. The first-order valence-electron chi connectivity index (χ1n) is 7.12. The summed E-state index contributed by atoms with van der Waals surface area (Å²) in [6, 6.07) is 10.4. The van der Waals surface area contributed by atoms with Crippen molar-refractivity contribution < 1.29 is 9.18 Å². The molecule has 1 amide bonds. The number of amides is 1. The summed E-state index contributed by atoms with van der Waals surface area (Å²) in [4.78, 5) is 20.3. The molecule has 8 heteroatoms. The van der Waals surface area contributed by atoms with E-state index in [1.54, 1.807) is 18.2 Å². The van der Waals surface area contributed by atoms with Crippen molar-refractivity contribution in [1.29, 1.82) is 0 Å². The topological polar surface area (TPSA) is 66.9 Å². The molecule has 3 aromatic rings. The van der Waals surface area contributed by atoms with E-state index in [1.165, 1.54) is 36.7 Å². The van der Waals surface area contributed by atoms with E-state index in [0.29, 0.717) is 21.4 Å². The molecule has 3 rings (SSSR count). The maximum atomic E-state index is 12.9. The van der Waals surface area contributed by atoms with Gasteiger partial charge in [0.1, 0.15) is 5.82 Å². The second-order valence-electron chi connectivity index (χ2n) is 5.04. The lowest BCUT2D eigenvalue weighted by atomic mass is 10.2. The molecule has 0 saturated carbocycles. The van der Waals surface area contributed by atoms with Crippen LogP contribution in [0, 0.1) is 5.82 Å². The summed E-state index contributed by atoms with van der Waals surface area (Å²) in [6.45, 7) is 0. The van der Waals surface area contributed by atoms with Gasteiger partial charge in [0, 0.05) is 33.8 Å². The Balaban J connectivity index is 1.68. The van der Waals surface area contributed by atoms with Gasteiger partial charge in [-0.05, 0) is 42.5 Å². The smallest absolute Gasteiger partial charge is 0.258 e. The predicted octanol–water partition coefficient (Wildman–Crippen LogP) is 4.92. The van der Waals surface area contributed by atoms with Crippen LogP contribution in [0.2, 0.25) is 10.0 Å². The molecule has 0 fully saturated rings. The van der Waals surface area contributed by atoms with E-state index in [2.05, 4.69) is 20.6 Å². The van der Waals surface area contributed by atoms with Crippen LogP contribution in [0.15, 0.2) is 54.9 Å². The average molecular weight is 377 g/mol. The zero-order chi connectivity index (χ0) is 17.8. The van der Waals surface area contributed by atoms with Gasteiger partial charge in [-0.15, -0.1) is 0 Å². The van der Waals surface area contributed by atoms with Crippen LogP contribution < -0.4 is 10.6 Å². The van der Waals surface area contributed by atoms with Crippen molar-refractivity contribution in [3.63, 3.8) is 0 Å². The third-order valence-electron chi connectivity index (χ3n) is 3.13. The van der Waals surface area contributed by atoms with E-state index in [1.807, 2.05) is 0 Å². The van der Waals surface area contributed by atoms with Crippen LogP contribution in [-0.4, -0.2) is 15.9 Å². The number of hydrogen-bond donors (Lipinski definition) is 2. The van der Waals surface area contributed by atoms with Crippen LogP contribution in [0.1, 0.15) is 10.4 Å². The molecule has 5 nitrogen and oxygen atoms in total. The molecular formula is C17H11Cl2FN4O. The van der Waals surface area contributed by atoms with Gasteiger partial charge in [-0.3, -0.25) is 4.79 Å². The number of carbonyl (C=O) groups is 1. The molecule has 2 N–H and O–H groups in total. The molecule has 0 aliphatic heterocycles. The van der Waals surface area contributed by atoms with Gasteiger partial charge < -0.3 is 10.6 Å². The number of anilines is 3. The standard InChI is InChI=1S/C17H11Cl2FN4O/c18-11-5-12(19)7-15(6-11)24-17-21-8-10(9-22-17)16(25)23-14-3-1-13(20)2-4-14/h1-9H,(H,23,25)(H,21,22,24). The monoisotopic (exact) mass is 376 g/mol. The van der Waals surface area contributed by atoms with Crippen LogP contribution >= 0.6 is 23.2 Å². The summed E-state index contributed by atoms with van der Waals surface area (Å²) >= 11 is 11.9. The van der Waals surface area contributed by atoms with E-state index in [9.17, 15) is 9.18 Å². The Morgan fingerprint density at radius 2 is 1.52 bits per heavy atom. The Morgan fingerprint density at radius 1 is 0.920 bits per heavy atom. The number of carbonyl (C=O) groups excluding carboxylic acids is 1. The van der Waals surface area contributed by atoms with Crippen molar-refractivity contribution in [2.24, 2.45) is 0 Å². The fourth-order valence-corrected chi connectivity index (χ4v) is 2.53. The van der Waals surface area contributed by atoms with E-state index in [-0.39, 0.29) is 17.3 Å². The number of aromatic nitrogens is 2. The van der Waals surface area contributed by atoms with Crippen LogP contribution in [-0.2, 0) is 0 Å². The van der Waals surface area contributed by atoms with E-state index in [4.69, 9.17) is 23.2 Å². The summed E-state index contributed by atoms with van der Waals surface area (Å²) in [5.74, 6) is -0.487. The number of benzene rings is 2. The van der Waals surface area contributed by atoms with Crippen LogP contribution in [0.3, 0.4) is 0 Å². The van der Waals surface area contributed by atoms with Crippen LogP contribution in [0.4, 0.5) is 21.7 Å². The van der Waals surface area contributed by atoms with Crippen molar-refractivity contribution in [3.05, 3.63) is 76.3 Å². The molecule has 25 heavy (non-hydrogen) atoms. The molecule has 0 unspecified atom stereocenters. The molecular weight excluding hydrogens is 366 g/mol. The molecule has 0 bridgehead atoms. The third kappa shape index (κ3) is 4.65. The van der Waals surface area contributed by atoms with Gasteiger partial charge in [0.15, 0.2) is 0 Å². The third-order valence-corrected chi connectivity index (χ3v) is 3.57. The predicted molar refractivity (Wildman–Crippen MR) is 96.1 cm³/mol. The van der Waals surface area contributed by atoms with Gasteiger partial charge in [-0.25, -0.2) is 14.4 Å². The summed E-state index contributed by atoms with van der Waals surface area (Å²) in [6.07, 6.45) is 2.75. The SMILES string of the molecule is O=C(Nc1ccc(F)cc1)c1cnc(Nc2cc(Cl)cc(Cl)c2)nc1. The van der Waals surface area contributed by atoms with Gasteiger partial charge in [0.05, 0.1) is 5.56 Å². The van der Waals surface area contributed by atoms with Gasteiger partial charge >= 0.3 is 0 Å². The Bertz CT molecular complexity index is 881. The number of nitrogens with zero attached hydrogens (tertiary/aromatic N) is 2. The summed E-state index contributed by atoms with van der Waals surface area (Å²) < 4.78 is 12.9. The Labute approximate surface area is 152 Å². The molecule has 1 aromatic heterocycles. The van der Waals surface area contributed by atoms with Gasteiger partial charge in [-0.2, -0.15) is 0 Å². The minimum absolute atomic E-state index is 0.263. The fraction of sp³-hybridized carbons (Fsp3) is 0. The Kier molecular flexibility index (Phi) is 5.11. The lowest BCUT2D eigenvalue weighted by Gasteiger charge is -2.07. The zero-order valence-corrected chi connectivity index (χ0v) is 14.1. The van der Waals surface area contributed by atoms with E-state index < -0.39 is 5.91 Å². The van der Waals surface area contributed by atoms with Gasteiger partial charge in [0.25, 0.3) is 5.91 Å². The summed E-state index contributed by atoms with van der Waals surface area (Å²) in [5.41, 5.74) is 1.36. The van der Waals surface area contributed by atoms with Crippen molar-refractivity contribution in [2.75, 3.05) is 10.6 Å². The highest BCUT2D eigenvalue weighted by Crippen LogP contribution is 2.24. The number of hydrogen-bond acceptors (Lipinski definition) is 4. The highest BCUT2D eigenvalue weighted by molar-refractivity contribution is 6.35. The highest BCUT2D eigenvalue weighted by Gasteiger charge is 2.08. The number of halogens is 3. The first-order chi connectivity index (χ1) is 12.0. The summed E-state index contributed by atoms with van der Waals surface area (Å²) in [5, 5.41) is 6.53. The van der Waals surface area contributed by atoms with E-state index >= 15 is 0 Å². The molecule has 0 spiro atoms. The first kappa shape index (κ1) is 17.1. The first-order valence-corrected chi connectivity index (χ1v) is 7.87. The van der Waals surface area contributed by atoms with Crippen molar-refractivity contribution in [3.8, 4) is 0 Å². The maximum Gasteiger partial charge on any atom is 0.258 e. The zero-order valence-electron chi connectivity index (χ0n) is 12.6. The van der Waals surface area contributed by atoms with Crippen molar-refractivity contribution in [2.45, 2.75) is 0 Å². The maximum absolute atomic E-state index is 12.9. The molecule has 126 valence electrons. The van der Waals surface area contributed by atoms with Gasteiger partial charge in [-0.1, -0.05) is 23.2 Å². The number of rotatable bonds is 4. The fourth-order valence-electron chi connectivity index (χ4n) is 2.00. The summed E-state index contributed by atoms with van der Waals surface area (Å²) in [7, 11) is 0. The molecule has 0 saturated heterocycles. The highest BCUT2D eigenvalue weighted by atomic mass is 35.5. The lowest BCUT2D eigenvalue weighted by Crippen LogP contribution is -2.13. The minimum atomic E-state index is -0.399. The second kappa shape index (κ2) is 7.46. The van der Waals surface area contributed by atoms with Crippen molar-refractivity contribution in [1.82, 2.24) is 9.97 Å².